The molecule has 0 bridgehead atoms. The lowest BCUT2D eigenvalue weighted by Crippen LogP contribution is -2.21. The Morgan fingerprint density at radius 1 is 1.27 bits per heavy atom. The highest BCUT2D eigenvalue weighted by atomic mass is 16.5. The van der Waals surface area contributed by atoms with Gasteiger partial charge in [-0.25, -0.2) is 9.78 Å². The highest BCUT2D eigenvalue weighted by Crippen LogP contribution is 2.20. The first kappa shape index (κ1) is 10.1. The number of hydrogen-bond acceptors (Lipinski definition) is 3. The van der Waals surface area contributed by atoms with Crippen LogP contribution in [0.1, 0.15) is 42.6 Å². The van der Waals surface area contributed by atoms with Crippen LogP contribution in [-0.4, -0.2) is 17.1 Å². The summed E-state index contributed by atoms with van der Waals surface area (Å²) in [4.78, 5) is 15.6. The molecule has 0 N–H and O–H groups in total. The minimum atomic E-state index is -0.289. The second kappa shape index (κ2) is 4.91. The molecule has 1 fully saturated rings. The van der Waals surface area contributed by atoms with Crippen LogP contribution in [0, 0.1) is 0 Å². The van der Waals surface area contributed by atoms with Gasteiger partial charge < -0.3 is 4.74 Å². The van der Waals surface area contributed by atoms with Gasteiger partial charge >= 0.3 is 5.97 Å². The highest BCUT2D eigenvalue weighted by Gasteiger charge is 2.18. The van der Waals surface area contributed by atoms with Gasteiger partial charge in [-0.3, -0.25) is 0 Å². The molecular formula is C12H15NO2. The van der Waals surface area contributed by atoms with E-state index in [2.05, 4.69) is 4.98 Å². The minimum absolute atomic E-state index is 0.105. The predicted octanol–water partition coefficient (Wildman–Crippen LogP) is 2.57. The Hall–Kier alpha value is -1.38. The summed E-state index contributed by atoms with van der Waals surface area (Å²) in [6.07, 6.45) is 7.31. The Bertz CT molecular complexity index is 318. The molecule has 1 heterocycles. The van der Waals surface area contributed by atoms with E-state index in [4.69, 9.17) is 4.74 Å². The quantitative estimate of drug-likeness (QED) is 0.696. The molecule has 3 heteroatoms. The third kappa shape index (κ3) is 2.78. The van der Waals surface area contributed by atoms with Gasteiger partial charge in [0.05, 0.1) is 0 Å². The van der Waals surface area contributed by atoms with E-state index in [1.54, 1.807) is 24.4 Å². The Morgan fingerprint density at radius 3 is 2.73 bits per heavy atom. The summed E-state index contributed by atoms with van der Waals surface area (Å²) in [5, 5.41) is 0. The fraction of sp³-hybridized carbons (Fsp3) is 0.500. The van der Waals surface area contributed by atoms with E-state index >= 15 is 0 Å². The van der Waals surface area contributed by atoms with E-state index in [0.29, 0.717) is 5.69 Å². The van der Waals surface area contributed by atoms with E-state index in [9.17, 15) is 4.79 Å². The van der Waals surface area contributed by atoms with Crippen LogP contribution >= 0.6 is 0 Å². The van der Waals surface area contributed by atoms with Gasteiger partial charge in [-0.1, -0.05) is 12.5 Å². The molecule has 15 heavy (non-hydrogen) atoms. The topological polar surface area (TPSA) is 39.2 Å². The lowest BCUT2D eigenvalue weighted by Gasteiger charge is -2.21. The zero-order chi connectivity index (χ0) is 10.5. The molecule has 1 aliphatic carbocycles. The average Bonchev–Trinajstić information content (AvgIpc) is 2.31. The summed E-state index contributed by atoms with van der Waals surface area (Å²) in [6, 6.07) is 5.27. The Balaban J connectivity index is 1.91. The molecule has 0 aliphatic heterocycles. The van der Waals surface area contributed by atoms with Crippen molar-refractivity contribution in [3.05, 3.63) is 30.1 Å². The standard InChI is InChI=1S/C12H15NO2/c14-12(11-8-4-5-9-13-11)15-10-6-2-1-3-7-10/h4-5,8-10H,1-3,6-7H2. The molecule has 2 rings (SSSR count). The zero-order valence-corrected chi connectivity index (χ0v) is 8.69. The summed E-state index contributed by atoms with van der Waals surface area (Å²) in [5.74, 6) is -0.289. The molecule has 0 radical (unpaired) electrons. The van der Waals surface area contributed by atoms with Crippen molar-refractivity contribution in [2.75, 3.05) is 0 Å². The van der Waals surface area contributed by atoms with Crippen molar-refractivity contribution in [2.24, 2.45) is 0 Å². The first-order valence-electron chi connectivity index (χ1n) is 5.48. The summed E-state index contributed by atoms with van der Waals surface area (Å²) >= 11 is 0. The normalized spacial score (nSPS) is 17.3. The van der Waals surface area contributed by atoms with E-state index in [-0.39, 0.29) is 12.1 Å². The van der Waals surface area contributed by atoms with Crippen molar-refractivity contribution in [1.82, 2.24) is 4.98 Å². The van der Waals surface area contributed by atoms with Crippen LogP contribution < -0.4 is 0 Å². The summed E-state index contributed by atoms with van der Waals surface area (Å²) in [6.45, 7) is 0. The SMILES string of the molecule is O=C(OC1CCCCC1)c1ccccn1. The number of rotatable bonds is 2. The van der Waals surface area contributed by atoms with Crippen LogP contribution in [0.3, 0.4) is 0 Å². The van der Waals surface area contributed by atoms with Gasteiger partial charge in [0.2, 0.25) is 0 Å². The number of carbonyl (C=O) groups is 1. The van der Waals surface area contributed by atoms with Gasteiger partial charge in [-0.15, -0.1) is 0 Å². The summed E-state index contributed by atoms with van der Waals surface area (Å²) in [7, 11) is 0. The van der Waals surface area contributed by atoms with Crippen molar-refractivity contribution in [2.45, 2.75) is 38.2 Å². The highest BCUT2D eigenvalue weighted by molar-refractivity contribution is 5.87. The first-order chi connectivity index (χ1) is 7.36. The second-order valence-electron chi connectivity index (χ2n) is 3.88. The van der Waals surface area contributed by atoms with Crippen molar-refractivity contribution >= 4 is 5.97 Å². The summed E-state index contributed by atoms with van der Waals surface area (Å²) in [5.41, 5.74) is 0.406. The smallest absolute Gasteiger partial charge is 0.357 e. The number of esters is 1. The number of nitrogens with zero attached hydrogens (tertiary/aromatic N) is 1. The van der Waals surface area contributed by atoms with E-state index < -0.39 is 0 Å². The van der Waals surface area contributed by atoms with Gasteiger partial charge in [0, 0.05) is 6.20 Å². The number of carbonyl (C=O) groups excluding carboxylic acids is 1. The zero-order valence-electron chi connectivity index (χ0n) is 8.69. The van der Waals surface area contributed by atoms with Crippen molar-refractivity contribution in [3.8, 4) is 0 Å². The largest absolute Gasteiger partial charge is 0.458 e. The monoisotopic (exact) mass is 205 g/mol. The van der Waals surface area contributed by atoms with Crippen molar-refractivity contribution in [3.63, 3.8) is 0 Å². The lowest BCUT2D eigenvalue weighted by atomic mass is 9.98. The first-order valence-corrected chi connectivity index (χ1v) is 5.48. The van der Waals surface area contributed by atoms with E-state index in [0.717, 1.165) is 12.8 Å². The van der Waals surface area contributed by atoms with Crippen LogP contribution in [0.15, 0.2) is 24.4 Å². The maximum Gasteiger partial charge on any atom is 0.357 e. The maximum atomic E-state index is 11.6. The van der Waals surface area contributed by atoms with Gasteiger partial charge in [0.15, 0.2) is 0 Å². The molecule has 1 saturated carbocycles. The lowest BCUT2D eigenvalue weighted by molar-refractivity contribution is 0.0204. The van der Waals surface area contributed by atoms with Crippen molar-refractivity contribution in [1.29, 1.82) is 0 Å². The second-order valence-corrected chi connectivity index (χ2v) is 3.88. The molecule has 0 atom stereocenters. The molecule has 0 spiro atoms. The van der Waals surface area contributed by atoms with Gasteiger partial charge in [-0.05, 0) is 37.8 Å². The maximum absolute atomic E-state index is 11.6. The fourth-order valence-corrected chi connectivity index (χ4v) is 1.88. The summed E-state index contributed by atoms with van der Waals surface area (Å²) < 4.78 is 5.38. The molecule has 0 saturated heterocycles. The van der Waals surface area contributed by atoms with Crippen LogP contribution in [0.2, 0.25) is 0 Å². The Kier molecular flexibility index (Phi) is 3.33. The van der Waals surface area contributed by atoms with Crippen LogP contribution in [0.5, 0.6) is 0 Å². The molecule has 1 aromatic rings. The van der Waals surface area contributed by atoms with Gasteiger partial charge in [0.25, 0.3) is 0 Å². The van der Waals surface area contributed by atoms with Crippen LogP contribution in [0.25, 0.3) is 0 Å². The molecular weight excluding hydrogens is 190 g/mol. The number of aromatic nitrogens is 1. The minimum Gasteiger partial charge on any atom is -0.458 e. The third-order valence-electron chi connectivity index (χ3n) is 2.70. The van der Waals surface area contributed by atoms with Crippen LogP contribution in [-0.2, 0) is 4.74 Å². The number of ether oxygens (including phenoxy) is 1. The number of hydrogen-bond donors (Lipinski definition) is 0. The molecule has 0 aromatic carbocycles. The number of pyridine rings is 1. The van der Waals surface area contributed by atoms with E-state index in [1.807, 2.05) is 0 Å². The Morgan fingerprint density at radius 2 is 2.07 bits per heavy atom. The molecule has 1 aromatic heterocycles. The molecule has 0 unspecified atom stereocenters. The van der Waals surface area contributed by atoms with Crippen LogP contribution in [0.4, 0.5) is 0 Å². The van der Waals surface area contributed by atoms with Crippen molar-refractivity contribution < 1.29 is 9.53 Å². The average molecular weight is 205 g/mol. The third-order valence-corrected chi connectivity index (χ3v) is 2.70. The van der Waals surface area contributed by atoms with E-state index in [1.165, 1.54) is 19.3 Å². The predicted molar refractivity (Wildman–Crippen MR) is 56.5 cm³/mol. The van der Waals surface area contributed by atoms with Gasteiger partial charge in [0.1, 0.15) is 11.8 Å². The molecule has 1 aliphatic rings. The molecule has 80 valence electrons. The fourth-order valence-electron chi connectivity index (χ4n) is 1.88. The molecule has 0 amide bonds. The molecule has 3 nitrogen and oxygen atoms in total. The van der Waals surface area contributed by atoms with Gasteiger partial charge in [-0.2, -0.15) is 0 Å². The Labute approximate surface area is 89.5 Å².